The van der Waals surface area contributed by atoms with Gasteiger partial charge in [0.05, 0.1) is 25.0 Å². The van der Waals surface area contributed by atoms with Gasteiger partial charge in [0, 0.05) is 20.0 Å². The fraction of sp³-hybridized carbons (Fsp3) is 0.550. The van der Waals surface area contributed by atoms with Crippen molar-refractivity contribution in [1.29, 1.82) is 0 Å². The van der Waals surface area contributed by atoms with E-state index in [-0.39, 0.29) is 36.2 Å². The molecule has 0 spiro atoms. The Kier molecular flexibility index (Phi) is 7.18. The second-order valence-electron chi connectivity index (χ2n) is 6.78. The molecule has 0 saturated carbocycles. The van der Waals surface area contributed by atoms with Gasteiger partial charge in [-0.05, 0) is 32.3 Å². The molecule has 1 heterocycles. The molecule has 26 heavy (non-hydrogen) atoms. The number of rotatable bonds is 6. The maximum Gasteiger partial charge on any atom is 0.309 e. The Balaban J connectivity index is 1.96. The number of aryl methyl sites for hydroxylation is 1. The standard InChI is InChI=1S/C20H28N2O4/c1-4-26-20(25)17-9-11-22(12-10-17)19(24)13-18(21-15(3)23)16-7-5-14(2)6-8-16/h5-8,17-18H,4,9-13H2,1-3H3,(H,21,23). The fourth-order valence-electron chi connectivity index (χ4n) is 3.22. The molecule has 1 atom stereocenters. The van der Waals surface area contributed by atoms with Gasteiger partial charge in [-0.15, -0.1) is 0 Å². The number of carbonyl (C=O) groups excluding carboxylic acids is 3. The number of piperidine rings is 1. The van der Waals surface area contributed by atoms with Crippen LogP contribution in [0, 0.1) is 12.8 Å². The first-order chi connectivity index (χ1) is 12.4. The summed E-state index contributed by atoms with van der Waals surface area (Å²) in [6.07, 6.45) is 1.46. The number of esters is 1. The molecule has 2 rings (SSSR count). The average Bonchev–Trinajstić information content (AvgIpc) is 2.61. The summed E-state index contributed by atoms with van der Waals surface area (Å²) in [5.41, 5.74) is 2.04. The molecule has 0 radical (unpaired) electrons. The van der Waals surface area contributed by atoms with Crippen molar-refractivity contribution in [3.63, 3.8) is 0 Å². The lowest BCUT2D eigenvalue weighted by Crippen LogP contribution is -2.42. The van der Waals surface area contributed by atoms with E-state index in [1.165, 1.54) is 6.92 Å². The molecule has 1 unspecified atom stereocenters. The van der Waals surface area contributed by atoms with Crippen molar-refractivity contribution in [2.75, 3.05) is 19.7 Å². The molecule has 1 N–H and O–H groups in total. The van der Waals surface area contributed by atoms with Gasteiger partial charge in [0.1, 0.15) is 0 Å². The highest BCUT2D eigenvalue weighted by Gasteiger charge is 2.29. The summed E-state index contributed by atoms with van der Waals surface area (Å²) in [6, 6.07) is 7.48. The Hall–Kier alpha value is -2.37. The predicted molar refractivity (Wildman–Crippen MR) is 98.3 cm³/mol. The van der Waals surface area contributed by atoms with Crippen LogP contribution in [0.1, 0.15) is 50.3 Å². The van der Waals surface area contributed by atoms with Gasteiger partial charge >= 0.3 is 5.97 Å². The molecule has 0 aliphatic carbocycles. The number of hydrogen-bond acceptors (Lipinski definition) is 4. The maximum atomic E-state index is 12.7. The SMILES string of the molecule is CCOC(=O)C1CCN(C(=O)CC(NC(C)=O)c2ccc(C)cc2)CC1. The van der Waals surface area contributed by atoms with Crippen LogP contribution in [0.3, 0.4) is 0 Å². The Labute approximate surface area is 154 Å². The van der Waals surface area contributed by atoms with Crippen LogP contribution in [0.5, 0.6) is 0 Å². The van der Waals surface area contributed by atoms with Crippen molar-refractivity contribution in [3.05, 3.63) is 35.4 Å². The molecular formula is C20H28N2O4. The van der Waals surface area contributed by atoms with E-state index in [1.54, 1.807) is 11.8 Å². The van der Waals surface area contributed by atoms with Crippen LogP contribution >= 0.6 is 0 Å². The molecule has 1 fully saturated rings. The Morgan fingerprint density at radius 2 is 1.81 bits per heavy atom. The van der Waals surface area contributed by atoms with Gasteiger partial charge < -0.3 is 15.0 Å². The lowest BCUT2D eigenvalue weighted by molar-refractivity contribution is -0.151. The molecule has 6 nitrogen and oxygen atoms in total. The van der Waals surface area contributed by atoms with E-state index in [4.69, 9.17) is 4.74 Å². The van der Waals surface area contributed by atoms with E-state index in [9.17, 15) is 14.4 Å². The van der Waals surface area contributed by atoms with Gasteiger partial charge in [0.2, 0.25) is 11.8 Å². The zero-order chi connectivity index (χ0) is 19.1. The first kappa shape index (κ1) is 19.9. The number of likely N-dealkylation sites (tertiary alicyclic amines) is 1. The van der Waals surface area contributed by atoms with Gasteiger partial charge in [-0.3, -0.25) is 14.4 Å². The highest BCUT2D eigenvalue weighted by molar-refractivity contribution is 5.80. The zero-order valence-corrected chi connectivity index (χ0v) is 15.8. The van der Waals surface area contributed by atoms with Crippen LogP contribution in [0.15, 0.2) is 24.3 Å². The molecule has 1 aliphatic rings. The minimum Gasteiger partial charge on any atom is -0.466 e. The fourth-order valence-corrected chi connectivity index (χ4v) is 3.22. The Morgan fingerprint density at radius 1 is 1.19 bits per heavy atom. The van der Waals surface area contributed by atoms with Crippen LogP contribution in [0.25, 0.3) is 0 Å². The quantitative estimate of drug-likeness (QED) is 0.790. The van der Waals surface area contributed by atoms with Crippen LogP contribution in [0.2, 0.25) is 0 Å². The van der Waals surface area contributed by atoms with E-state index in [0.29, 0.717) is 32.5 Å². The largest absolute Gasteiger partial charge is 0.466 e. The number of nitrogens with one attached hydrogen (secondary N) is 1. The van der Waals surface area contributed by atoms with E-state index in [2.05, 4.69) is 5.32 Å². The summed E-state index contributed by atoms with van der Waals surface area (Å²) in [7, 11) is 0. The highest BCUT2D eigenvalue weighted by Crippen LogP contribution is 2.23. The molecule has 6 heteroatoms. The van der Waals surface area contributed by atoms with Gasteiger partial charge in [-0.1, -0.05) is 29.8 Å². The summed E-state index contributed by atoms with van der Waals surface area (Å²) >= 11 is 0. The number of hydrogen-bond donors (Lipinski definition) is 1. The molecule has 1 aromatic rings. The van der Waals surface area contributed by atoms with E-state index >= 15 is 0 Å². The normalized spacial score (nSPS) is 16.0. The minimum absolute atomic E-state index is 0.00775. The van der Waals surface area contributed by atoms with E-state index in [1.807, 2.05) is 31.2 Å². The summed E-state index contributed by atoms with van der Waals surface area (Å²) in [5.74, 6) is -0.464. The zero-order valence-electron chi connectivity index (χ0n) is 15.8. The number of ether oxygens (including phenoxy) is 1. The van der Waals surface area contributed by atoms with Crippen LogP contribution in [-0.4, -0.2) is 42.4 Å². The van der Waals surface area contributed by atoms with Crippen molar-refractivity contribution >= 4 is 17.8 Å². The van der Waals surface area contributed by atoms with Crippen molar-refractivity contribution in [1.82, 2.24) is 10.2 Å². The molecule has 1 saturated heterocycles. The predicted octanol–water partition coefficient (Wildman–Crippen LogP) is 2.36. The van der Waals surface area contributed by atoms with Crippen LogP contribution < -0.4 is 5.32 Å². The number of carbonyl (C=O) groups is 3. The second-order valence-corrected chi connectivity index (χ2v) is 6.78. The molecule has 0 bridgehead atoms. The second kappa shape index (κ2) is 9.36. The molecule has 2 amide bonds. The number of amides is 2. The third-order valence-electron chi connectivity index (χ3n) is 4.70. The van der Waals surface area contributed by atoms with Gasteiger partial charge in [-0.25, -0.2) is 0 Å². The van der Waals surface area contributed by atoms with Crippen molar-refractivity contribution in [3.8, 4) is 0 Å². The molecule has 1 aliphatic heterocycles. The highest BCUT2D eigenvalue weighted by atomic mass is 16.5. The van der Waals surface area contributed by atoms with E-state index < -0.39 is 0 Å². The van der Waals surface area contributed by atoms with Crippen molar-refractivity contribution < 1.29 is 19.1 Å². The average molecular weight is 360 g/mol. The minimum atomic E-state index is -0.344. The molecule has 1 aromatic carbocycles. The summed E-state index contributed by atoms with van der Waals surface area (Å²) in [4.78, 5) is 37.8. The topological polar surface area (TPSA) is 75.7 Å². The molecule has 0 aromatic heterocycles. The van der Waals surface area contributed by atoms with Crippen molar-refractivity contribution in [2.45, 2.75) is 46.1 Å². The third kappa shape index (κ3) is 5.58. The summed E-state index contributed by atoms with van der Waals surface area (Å²) in [6.45, 7) is 6.72. The first-order valence-electron chi connectivity index (χ1n) is 9.18. The monoisotopic (exact) mass is 360 g/mol. The van der Waals surface area contributed by atoms with Crippen LogP contribution in [-0.2, 0) is 19.1 Å². The summed E-state index contributed by atoms with van der Waals surface area (Å²) in [5, 5.41) is 2.87. The Bertz CT molecular complexity index is 634. The first-order valence-corrected chi connectivity index (χ1v) is 9.18. The number of nitrogens with zero attached hydrogens (tertiary/aromatic N) is 1. The van der Waals surface area contributed by atoms with Gasteiger partial charge in [-0.2, -0.15) is 0 Å². The lowest BCUT2D eigenvalue weighted by Gasteiger charge is -2.32. The van der Waals surface area contributed by atoms with Crippen LogP contribution in [0.4, 0.5) is 0 Å². The van der Waals surface area contributed by atoms with Crippen molar-refractivity contribution in [2.24, 2.45) is 5.92 Å². The summed E-state index contributed by atoms with van der Waals surface area (Å²) < 4.78 is 5.06. The third-order valence-corrected chi connectivity index (χ3v) is 4.70. The van der Waals surface area contributed by atoms with E-state index in [0.717, 1.165) is 11.1 Å². The smallest absolute Gasteiger partial charge is 0.309 e. The maximum absolute atomic E-state index is 12.7. The lowest BCUT2D eigenvalue weighted by atomic mass is 9.96. The van der Waals surface area contributed by atoms with Gasteiger partial charge in [0.15, 0.2) is 0 Å². The Morgan fingerprint density at radius 3 is 2.35 bits per heavy atom. The van der Waals surface area contributed by atoms with Gasteiger partial charge in [0.25, 0.3) is 0 Å². The molecule has 142 valence electrons. The number of benzene rings is 1. The molecular weight excluding hydrogens is 332 g/mol.